The zero-order valence-electron chi connectivity index (χ0n) is 19.2. The maximum Gasteiger partial charge on any atom is 0.251 e. The second-order valence-corrected chi connectivity index (χ2v) is 10.8. The molecule has 0 saturated carbocycles. The smallest absolute Gasteiger partial charge is 0.251 e. The Bertz CT molecular complexity index is 1350. The fourth-order valence-electron chi connectivity index (χ4n) is 3.91. The Hall–Kier alpha value is -2.74. The van der Waals surface area contributed by atoms with Crippen LogP contribution in [0.2, 0.25) is 0 Å². The summed E-state index contributed by atoms with van der Waals surface area (Å²) in [4.78, 5) is 3.82. The Kier molecular flexibility index (Phi) is 7.66. The van der Waals surface area contributed by atoms with Crippen molar-refractivity contribution >= 4 is 43.4 Å². The van der Waals surface area contributed by atoms with Gasteiger partial charge in [0, 0.05) is 42.2 Å². The number of benzene rings is 2. The molecule has 0 radical (unpaired) electrons. The van der Waals surface area contributed by atoms with Crippen LogP contribution in [0.4, 0.5) is 5.69 Å². The van der Waals surface area contributed by atoms with E-state index >= 15 is 0 Å². The van der Waals surface area contributed by atoms with Crippen LogP contribution in [0.5, 0.6) is 0 Å². The lowest BCUT2D eigenvalue weighted by atomic mass is 10.0. The number of hydrogen-bond acceptors (Lipinski definition) is 7. The van der Waals surface area contributed by atoms with E-state index in [1.165, 1.54) is 29.5 Å². The van der Waals surface area contributed by atoms with Gasteiger partial charge in [0.1, 0.15) is 6.07 Å². The standard InChI is InChI=1S/C25H27N3O4S2/c1-18(25(17-26)34(29,30)27-9-12-31-2)23-7-8-24(33-23)21-4-3-20-16-22(6-5-19(20)15-21)28-10-13-32-14-11-28/h3-8,15-16,27H,9-14H2,1-2H3/b25-18+. The van der Waals surface area contributed by atoms with Crippen LogP contribution in [0.15, 0.2) is 53.4 Å². The van der Waals surface area contributed by atoms with Crippen molar-refractivity contribution in [2.24, 2.45) is 0 Å². The fraction of sp³-hybridized carbons (Fsp3) is 0.320. The summed E-state index contributed by atoms with van der Waals surface area (Å²) < 4.78 is 37.9. The first-order valence-electron chi connectivity index (χ1n) is 11.0. The van der Waals surface area contributed by atoms with Crippen LogP contribution in [0, 0.1) is 11.3 Å². The molecule has 0 bridgehead atoms. The number of nitriles is 1. The van der Waals surface area contributed by atoms with Crippen LogP contribution in [-0.2, 0) is 19.5 Å². The number of allylic oxidation sites excluding steroid dienone is 2. The van der Waals surface area contributed by atoms with E-state index in [2.05, 4.69) is 46.0 Å². The molecule has 4 rings (SSSR count). The highest BCUT2D eigenvalue weighted by Crippen LogP contribution is 2.35. The minimum atomic E-state index is -3.91. The molecule has 0 amide bonds. The van der Waals surface area contributed by atoms with E-state index in [9.17, 15) is 13.7 Å². The maximum absolute atomic E-state index is 12.6. The summed E-state index contributed by atoms with van der Waals surface area (Å²) in [7, 11) is -2.42. The number of fused-ring (bicyclic) bond motifs is 1. The maximum atomic E-state index is 12.6. The summed E-state index contributed by atoms with van der Waals surface area (Å²) in [5.41, 5.74) is 2.68. The Labute approximate surface area is 204 Å². The summed E-state index contributed by atoms with van der Waals surface area (Å²) in [5.74, 6) is 0. The van der Waals surface area contributed by atoms with Gasteiger partial charge in [0.2, 0.25) is 0 Å². The molecule has 0 atom stereocenters. The van der Waals surface area contributed by atoms with Gasteiger partial charge >= 0.3 is 0 Å². The third-order valence-corrected chi connectivity index (χ3v) is 8.54. The van der Waals surface area contributed by atoms with Crippen molar-refractivity contribution in [2.45, 2.75) is 6.92 Å². The van der Waals surface area contributed by atoms with E-state index in [-0.39, 0.29) is 18.1 Å². The molecule has 178 valence electrons. The van der Waals surface area contributed by atoms with Gasteiger partial charge in [-0.25, -0.2) is 13.1 Å². The van der Waals surface area contributed by atoms with Crippen LogP contribution in [0.1, 0.15) is 11.8 Å². The second-order valence-electron chi connectivity index (χ2n) is 7.97. The number of nitrogens with zero attached hydrogens (tertiary/aromatic N) is 2. The highest BCUT2D eigenvalue weighted by atomic mass is 32.2. The molecular formula is C25H27N3O4S2. The molecular weight excluding hydrogens is 470 g/mol. The highest BCUT2D eigenvalue weighted by Gasteiger charge is 2.21. The van der Waals surface area contributed by atoms with Gasteiger partial charge < -0.3 is 14.4 Å². The Morgan fingerprint density at radius 2 is 1.88 bits per heavy atom. The number of ether oxygens (including phenoxy) is 2. The van der Waals surface area contributed by atoms with Crippen LogP contribution in [0.25, 0.3) is 26.8 Å². The largest absolute Gasteiger partial charge is 0.383 e. The number of sulfonamides is 1. The monoisotopic (exact) mass is 497 g/mol. The summed E-state index contributed by atoms with van der Waals surface area (Å²) >= 11 is 1.47. The summed E-state index contributed by atoms with van der Waals surface area (Å²) in [6, 6.07) is 18.5. The van der Waals surface area contributed by atoms with E-state index in [0.717, 1.165) is 47.0 Å². The van der Waals surface area contributed by atoms with Gasteiger partial charge in [0.05, 0.1) is 19.8 Å². The lowest BCUT2D eigenvalue weighted by Crippen LogP contribution is -2.36. The fourth-order valence-corrected chi connectivity index (χ4v) is 6.11. The Morgan fingerprint density at radius 1 is 1.15 bits per heavy atom. The van der Waals surface area contributed by atoms with Gasteiger partial charge in [0.15, 0.2) is 4.91 Å². The normalized spacial score (nSPS) is 15.3. The lowest BCUT2D eigenvalue weighted by Gasteiger charge is -2.29. The predicted molar refractivity (Wildman–Crippen MR) is 137 cm³/mol. The van der Waals surface area contributed by atoms with E-state index in [1.807, 2.05) is 18.2 Å². The van der Waals surface area contributed by atoms with Crippen molar-refractivity contribution in [3.8, 4) is 16.5 Å². The van der Waals surface area contributed by atoms with Crippen LogP contribution < -0.4 is 9.62 Å². The van der Waals surface area contributed by atoms with E-state index in [0.29, 0.717) is 5.57 Å². The molecule has 1 aliphatic rings. The molecule has 1 fully saturated rings. The topological polar surface area (TPSA) is 91.7 Å². The number of hydrogen-bond donors (Lipinski definition) is 1. The Balaban J connectivity index is 1.59. The predicted octanol–water partition coefficient (Wildman–Crippen LogP) is 4.23. The SMILES string of the molecule is COCCNS(=O)(=O)/C(C#N)=C(\C)c1ccc(-c2ccc3cc(N4CCOCC4)ccc3c2)s1. The first kappa shape index (κ1) is 24.4. The molecule has 1 N–H and O–H groups in total. The number of nitrogens with one attached hydrogen (secondary N) is 1. The van der Waals surface area contributed by atoms with Gasteiger partial charge in [-0.2, -0.15) is 5.26 Å². The number of methoxy groups -OCH3 is 1. The van der Waals surface area contributed by atoms with Crippen molar-refractivity contribution in [2.75, 3.05) is 51.5 Å². The molecule has 1 aliphatic heterocycles. The molecule has 2 aromatic carbocycles. The molecule has 1 aromatic heterocycles. The molecule has 2 heterocycles. The van der Waals surface area contributed by atoms with Crippen molar-refractivity contribution in [1.29, 1.82) is 5.26 Å². The second kappa shape index (κ2) is 10.7. The lowest BCUT2D eigenvalue weighted by molar-refractivity contribution is 0.122. The first-order chi connectivity index (χ1) is 16.4. The molecule has 0 spiro atoms. The van der Waals surface area contributed by atoms with Crippen LogP contribution in [-0.4, -0.2) is 55.0 Å². The molecule has 34 heavy (non-hydrogen) atoms. The average molecular weight is 498 g/mol. The van der Waals surface area contributed by atoms with Crippen LogP contribution in [0.3, 0.4) is 0 Å². The molecule has 3 aromatic rings. The summed E-state index contributed by atoms with van der Waals surface area (Å²) in [5, 5.41) is 11.9. The Morgan fingerprint density at radius 3 is 2.62 bits per heavy atom. The van der Waals surface area contributed by atoms with Crippen molar-refractivity contribution in [3.63, 3.8) is 0 Å². The van der Waals surface area contributed by atoms with E-state index in [4.69, 9.17) is 9.47 Å². The molecule has 9 heteroatoms. The minimum Gasteiger partial charge on any atom is -0.383 e. The highest BCUT2D eigenvalue weighted by molar-refractivity contribution is 7.93. The molecule has 0 aliphatic carbocycles. The van der Waals surface area contributed by atoms with Crippen molar-refractivity contribution < 1.29 is 17.9 Å². The van der Waals surface area contributed by atoms with Gasteiger partial charge in [-0.3, -0.25) is 0 Å². The minimum absolute atomic E-state index is 0.108. The summed E-state index contributed by atoms with van der Waals surface area (Å²) in [6.45, 7) is 5.31. The van der Waals surface area contributed by atoms with E-state index < -0.39 is 10.0 Å². The number of thiophene rings is 1. The number of anilines is 1. The zero-order valence-corrected chi connectivity index (χ0v) is 20.8. The average Bonchev–Trinajstić information content (AvgIpc) is 3.35. The first-order valence-corrected chi connectivity index (χ1v) is 13.3. The molecule has 0 unspecified atom stereocenters. The quantitative estimate of drug-likeness (QED) is 0.370. The third-order valence-electron chi connectivity index (χ3n) is 5.77. The summed E-state index contributed by atoms with van der Waals surface area (Å²) in [6.07, 6.45) is 0. The third kappa shape index (κ3) is 5.32. The number of morpholine rings is 1. The van der Waals surface area contributed by atoms with Gasteiger partial charge in [0.25, 0.3) is 10.0 Å². The molecule has 1 saturated heterocycles. The van der Waals surface area contributed by atoms with Crippen molar-refractivity contribution in [1.82, 2.24) is 4.72 Å². The van der Waals surface area contributed by atoms with Crippen LogP contribution >= 0.6 is 11.3 Å². The van der Waals surface area contributed by atoms with Crippen molar-refractivity contribution in [3.05, 3.63) is 58.3 Å². The number of rotatable bonds is 8. The van der Waals surface area contributed by atoms with Gasteiger partial charge in [-0.1, -0.05) is 18.2 Å². The zero-order chi connectivity index (χ0) is 24.1. The van der Waals surface area contributed by atoms with Gasteiger partial charge in [-0.05, 0) is 59.2 Å². The van der Waals surface area contributed by atoms with E-state index in [1.54, 1.807) is 6.92 Å². The van der Waals surface area contributed by atoms with Gasteiger partial charge in [-0.15, -0.1) is 11.3 Å². The molecule has 7 nitrogen and oxygen atoms in total.